The maximum absolute atomic E-state index is 11.4. The Bertz CT molecular complexity index is 303. The molecule has 2 aliphatic rings. The van der Waals surface area contributed by atoms with Gasteiger partial charge in [0.25, 0.3) is 5.91 Å². The molecule has 0 saturated heterocycles. The summed E-state index contributed by atoms with van der Waals surface area (Å²) >= 11 is 0. The minimum Gasteiger partial charge on any atom is -0.342 e. The lowest BCUT2D eigenvalue weighted by Crippen LogP contribution is -2.42. The Labute approximate surface area is 106 Å². The molecule has 3 heteroatoms. The number of allylic oxidation sites excluding steroid dienone is 1. The molecule has 0 spiro atoms. The van der Waals surface area contributed by atoms with E-state index in [1.54, 1.807) is 6.20 Å². The molecule has 1 N–H and O–H groups in total. The van der Waals surface area contributed by atoms with Crippen molar-refractivity contribution in [2.45, 2.75) is 48.0 Å². The molecule has 1 amide bonds. The Morgan fingerprint density at radius 1 is 1.24 bits per heavy atom. The van der Waals surface area contributed by atoms with Crippen molar-refractivity contribution < 1.29 is 4.79 Å². The number of amides is 1. The summed E-state index contributed by atoms with van der Waals surface area (Å²) in [5.41, 5.74) is 1.06. The van der Waals surface area contributed by atoms with Gasteiger partial charge in [0, 0.05) is 18.9 Å². The van der Waals surface area contributed by atoms with Crippen LogP contribution in [0.4, 0.5) is 0 Å². The van der Waals surface area contributed by atoms with E-state index < -0.39 is 0 Å². The van der Waals surface area contributed by atoms with Crippen molar-refractivity contribution in [3.63, 3.8) is 0 Å². The molecule has 0 aliphatic carbocycles. The fraction of sp³-hybridized carbons (Fsp3) is 0.643. The van der Waals surface area contributed by atoms with Gasteiger partial charge in [-0.15, -0.1) is 0 Å². The number of carbonyl (C=O) groups excluding carboxylic acids is 1. The van der Waals surface area contributed by atoms with Crippen LogP contribution in [-0.2, 0) is 4.79 Å². The zero-order valence-corrected chi connectivity index (χ0v) is 12.0. The van der Waals surface area contributed by atoms with Gasteiger partial charge in [-0.1, -0.05) is 47.6 Å². The van der Waals surface area contributed by atoms with E-state index in [0.29, 0.717) is 0 Å². The Morgan fingerprint density at radius 2 is 1.82 bits per heavy atom. The van der Waals surface area contributed by atoms with E-state index in [2.05, 4.69) is 19.2 Å². The highest BCUT2D eigenvalue weighted by Crippen LogP contribution is 2.30. The summed E-state index contributed by atoms with van der Waals surface area (Å²) in [5.74, 6) is 0.0120. The number of fused-ring (bicyclic) bond motifs is 1. The second-order valence-electron chi connectivity index (χ2n) is 4.37. The van der Waals surface area contributed by atoms with Crippen LogP contribution in [0.3, 0.4) is 0 Å². The van der Waals surface area contributed by atoms with Crippen molar-refractivity contribution in [3.8, 4) is 0 Å². The Kier molecular flexibility index (Phi) is 6.62. The molecule has 17 heavy (non-hydrogen) atoms. The molecule has 0 atom stereocenters. The lowest BCUT2D eigenvalue weighted by atomic mass is 9.85. The highest BCUT2D eigenvalue weighted by molar-refractivity contribution is 5.94. The molecule has 0 unspecified atom stereocenters. The zero-order chi connectivity index (χ0) is 13.5. The second-order valence-corrected chi connectivity index (χ2v) is 4.37. The van der Waals surface area contributed by atoms with Crippen molar-refractivity contribution in [3.05, 3.63) is 24.2 Å². The van der Waals surface area contributed by atoms with Gasteiger partial charge in [0.2, 0.25) is 0 Å². The molecule has 0 saturated carbocycles. The number of hydrogen-bond donors (Lipinski definition) is 1. The van der Waals surface area contributed by atoms with E-state index >= 15 is 0 Å². The summed E-state index contributed by atoms with van der Waals surface area (Å²) in [4.78, 5) is 13.4. The first kappa shape index (κ1) is 15.8. The van der Waals surface area contributed by atoms with Crippen LogP contribution in [0.15, 0.2) is 24.2 Å². The zero-order valence-electron chi connectivity index (χ0n) is 12.0. The highest BCUT2D eigenvalue weighted by atomic mass is 16.2. The SMILES string of the molecule is CC.CC.CC1(C)CC=C2C(=O)NC=CN2C1. The minimum absolute atomic E-state index is 0.0120. The van der Waals surface area contributed by atoms with Gasteiger partial charge in [0.1, 0.15) is 5.70 Å². The van der Waals surface area contributed by atoms with Gasteiger partial charge in [-0.3, -0.25) is 4.79 Å². The molecule has 2 rings (SSSR count). The van der Waals surface area contributed by atoms with Crippen LogP contribution in [0.5, 0.6) is 0 Å². The van der Waals surface area contributed by atoms with Gasteiger partial charge >= 0.3 is 0 Å². The third-order valence-corrected chi connectivity index (χ3v) is 2.46. The maximum Gasteiger partial charge on any atom is 0.271 e. The van der Waals surface area contributed by atoms with Gasteiger partial charge in [0.15, 0.2) is 0 Å². The van der Waals surface area contributed by atoms with E-state index in [1.165, 1.54) is 0 Å². The lowest BCUT2D eigenvalue weighted by molar-refractivity contribution is -0.118. The normalized spacial score (nSPS) is 19.8. The topological polar surface area (TPSA) is 32.3 Å². The van der Waals surface area contributed by atoms with Crippen LogP contribution in [0, 0.1) is 5.41 Å². The highest BCUT2D eigenvalue weighted by Gasteiger charge is 2.30. The van der Waals surface area contributed by atoms with Crippen LogP contribution in [0.25, 0.3) is 0 Å². The first-order chi connectivity index (χ1) is 8.08. The summed E-state index contributed by atoms with van der Waals surface area (Å²) in [6.45, 7) is 13.3. The molecule has 0 bridgehead atoms. The van der Waals surface area contributed by atoms with Crippen molar-refractivity contribution in [2.24, 2.45) is 5.41 Å². The first-order valence-electron chi connectivity index (χ1n) is 6.53. The molecular weight excluding hydrogens is 212 g/mol. The van der Waals surface area contributed by atoms with Gasteiger partial charge in [0.05, 0.1) is 0 Å². The monoisotopic (exact) mass is 238 g/mol. The van der Waals surface area contributed by atoms with Crippen molar-refractivity contribution in [1.29, 1.82) is 0 Å². The van der Waals surface area contributed by atoms with Gasteiger partial charge < -0.3 is 10.2 Å². The quantitative estimate of drug-likeness (QED) is 0.702. The smallest absolute Gasteiger partial charge is 0.271 e. The van der Waals surface area contributed by atoms with Crippen molar-refractivity contribution in [1.82, 2.24) is 10.2 Å². The van der Waals surface area contributed by atoms with E-state index in [0.717, 1.165) is 18.7 Å². The molecule has 0 fully saturated rings. The lowest BCUT2D eigenvalue weighted by Gasteiger charge is -2.38. The molecule has 2 heterocycles. The summed E-state index contributed by atoms with van der Waals surface area (Å²) in [6.07, 6.45) is 6.61. The Hall–Kier alpha value is -1.25. The number of nitrogens with zero attached hydrogens (tertiary/aromatic N) is 1. The molecule has 98 valence electrons. The third kappa shape index (κ3) is 4.25. The van der Waals surface area contributed by atoms with Crippen LogP contribution in [0.1, 0.15) is 48.0 Å². The molecular formula is C14H26N2O. The standard InChI is InChI=1S/C10H14N2O.2C2H6/c1-10(2)4-3-8-9(13)11-5-6-12(8)7-10;2*1-2/h3,5-6H,4,7H2,1-2H3,(H,11,13);2*1-2H3. The van der Waals surface area contributed by atoms with Crippen LogP contribution < -0.4 is 5.32 Å². The summed E-state index contributed by atoms with van der Waals surface area (Å²) in [6, 6.07) is 0. The number of nitrogens with one attached hydrogen (secondary N) is 1. The largest absolute Gasteiger partial charge is 0.342 e. The molecule has 0 aromatic rings. The first-order valence-corrected chi connectivity index (χ1v) is 6.53. The number of hydrogen-bond acceptors (Lipinski definition) is 2. The Balaban J connectivity index is 0.000000581. The van der Waals surface area contributed by atoms with E-state index in [4.69, 9.17) is 0 Å². The molecule has 0 aromatic carbocycles. The van der Waals surface area contributed by atoms with E-state index in [-0.39, 0.29) is 11.3 Å². The summed E-state index contributed by atoms with van der Waals surface area (Å²) in [7, 11) is 0. The second kappa shape index (κ2) is 7.15. The average Bonchev–Trinajstić information content (AvgIpc) is 2.33. The third-order valence-electron chi connectivity index (χ3n) is 2.46. The summed E-state index contributed by atoms with van der Waals surface area (Å²) < 4.78 is 0. The van der Waals surface area contributed by atoms with Crippen LogP contribution in [0.2, 0.25) is 0 Å². The minimum atomic E-state index is 0.0120. The Morgan fingerprint density at radius 3 is 2.41 bits per heavy atom. The fourth-order valence-corrected chi connectivity index (χ4v) is 1.73. The molecule has 2 aliphatic heterocycles. The van der Waals surface area contributed by atoms with Crippen molar-refractivity contribution >= 4 is 5.91 Å². The summed E-state index contributed by atoms with van der Waals surface area (Å²) in [5, 5.41) is 2.68. The van der Waals surface area contributed by atoms with E-state index in [9.17, 15) is 4.79 Å². The predicted molar refractivity (Wildman–Crippen MR) is 73.2 cm³/mol. The van der Waals surface area contributed by atoms with Crippen molar-refractivity contribution in [2.75, 3.05) is 6.54 Å². The number of rotatable bonds is 0. The average molecular weight is 238 g/mol. The molecule has 0 aromatic heterocycles. The number of carbonyl (C=O) groups is 1. The van der Waals surface area contributed by atoms with Crippen LogP contribution >= 0.6 is 0 Å². The van der Waals surface area contributed by atoms with Gasteiger partial charge in [-0.05, 0) is 11.8 Å². The predicted octanol–water partition coefficient (Wildman–Crippen LogP) is 3.26. The molecule has 0 radical (unpaired) electrons. The van der Waals surface area contributed by atoms with Gasteiger partial charge in [-0.2, -0.15) is 0 Å². The maximum atomic E-state index is 11.4. The fourth-order valence-electron chi connectivity index (χ4n) is 1.73. The van der Waals surface area contributed by atoms with E-state index in [1.807, 2.05) is 44.9 Å². The molecule has 3 nitrogen and oxygen atoms in total. The van der Waals surface area contributed by atoms with Gasteiger partial charge in [-0.25, -0.2) is 0 Å². The van der Waals surface area contributed by atoms with Crippen LogP contribution in [-0.4, -0.2) is 17.4 Å².